The maximum atomic E-state index is 10.0. The van der Waals surface area contributed by atoms with Crippen molar-refractivity contribution in [1.29, 1.82) is 5.26 Å². The van der Waals surface area contributed by atoms with E-state index < -0.39 is 6.10 Å². The number of hydrogen-bond acceptors (Lipinski definition) is 4. The van der Waals surface area contributed by atoms with Crippen LogP contribution in [0.1, 0.15) is 5.56 Å². The van der Waals surface area contributed by atoms with Crippen molar-refractivity contribution >= 4 is 22.5 Å². The summed E-state index contributed by atoms with van der Waals surface area (Å²) in [5, 5.41) is 20.3. The van der Waals surface area contributed by atoms with Crippen molar-refractivity contribution in [3.63, 3.8) is 0 Å². The van der Waals surface area contributed by atoms with Gasteiger partial charge in [-0.05, 0) is 36.4 Å². The number of nitriles is 1. The fourth-order valence-corrected chi connectivity index (χ4v) is 2.67. The molecule has 1 N–H and O–H groups in total. The summed E-state index contributed by atoms with van der Waals surface area (Å²) in [5.41, 5.74) is 1.50. The predicted molar refractivity (Wildman–Crippen MR) is 96.1 cm³/mol. The molecule has 3 aromatic rings. The number of halogens is 1. The molecule has 1 unspecified atom stereocenters. The van der Waals surface area contributed by atoms with E-state index in [-0.39, 0.29) is 13.2 Å². The van der Waals surface area contributed by atoms with Crippen LogP contribution in [0.5, 0.6) is 11.5 Å². The van der Waals surface area contributed by atoms with Crippen molar-refractivity contribution in [3.8, 4) is 17.6 Å². The molecule has 128 valence electrons. The highest BCUT2D eigenvalue weighted by molar-refractivity contribution is 6.31. The van der Waals surface area contributed by atoms with Gasteiger partial charge in [0.2, 0.25) is 0 Å². The predicted octanol–water partition coefficient (Wildman–Crippen LogP) is 3.52. The smallest absolute Gasteiger partial charge is 0.122 e. The summed E-state index contributed by atoms with van der Waals surface area (Å²) in [6, 6.07) is 14.5. The lowest BCUT2D eigenvalue weighted by Crippen LogP contribution is -2.25. The zero-order chi connectivity index (χ0) is 17.8. The molecule has 0 aliphatic heterocycles. The fourth-order valence-electron chi connectivity index (χ4n) is 2.46. The van der Waals surface area contributed by atoms with Gasteiger partial charge in [-0.2, -0.15) is 5.26 Å². The Balaban J connectivity index is 1.52. The second-order valence-corrected chi connectivity index (χ2v) is 6.08. The van der Waals surface area contributed by atoms with E-state index in [4.69, 9.17) is 26.3 Å². The van der Waals surface area contributed by atoms with Crippen molar-refractivity contribution in [2.75, 3.05) is 13.2 Å². The first-order chi connectivity index (χ1) is 12.1. The van der Waals surface area contributed by atoms with E-state index in [0.29, 0.717) is 22.1 Å². The number of hydrogen-bond donors (Lipinski definition) is 1. The molecule has 25 heavy (non-hydrogen) atoms. The molecule has 5 nitrogen and oxygen atoms in total. The van der Waals surface area contributed by atoms with Gasteiger partial charge in [0.05, 0.1) is 10.6 Å². The van der Waals surface area contributed by atoms with E-state index in [9.17, 15) is 5.11 Å². The summed E-state index contributed by atoms with van der Waals surface area (Å²) in [7, 11) is 1.99. The van der Waals surface area contributed by atoms with Crippen molar-refractivity contribution in [2.24, 2.45) is 7.05 Å². The summed E-state index contributed by atoms with van der Waals surface area (Å²) in [6.07, 6.45) is 1.20. The number of fused-ring (bicyclic) bond motifs is 1. The Hall–Kier alpha value is -2.68. The van der Waals surface area contributed by atoms with E-state index in [1.165, 1.54) is 0 Å². The minimum absolute atomic E-state index is 0.0653. The summed E-state index contributed by atoms with van der Waals surface area (Å²) < 4.78 is 13.1. The van der Waals surface area contributed by atoms with Gasteiger partial charge >= 0.3 is 0 Å². The van der Waals surface area contributed by atoms with Gasteiger partial charge in [-0.3, -0.25) is 0 Å². The van der Waals surface area contributed by atoms with Gasteiger partial charge in [0.15, 0.2) is 0 Å². The van der Waals surface area contributed by atoms with Crippen LogP contribution in [-0.4, -0.2) is 29.0 Å². The third-order valence-electron chi connectivity index (χ3n) is 3.80. The van der Waals surface area contributed by atoms with E-state index in [1.54, 1.807) is 18.2 Å². The molecule has 0 aliphatic rings. The Bertz CT molecular complexity index is 930. The Labute approximate surface area is 150 Å². The number of ether oxygens (including phenoxy) is 2. The van der Waals surface area contributed by atoms with Gasteiger partial charge in [0, 0.05) is 30.2 Å². The Morgan fingerprint density at radius 3 is 2.48 bits per heavy atom. The molecule has 0 bridgehead atoms. The van der Waals surface area contributed by atoms with Gasteiger partial charge < -0.3 is 19.1 Å². The largest absolute Gasteiger partial charge is 0.491 e. The van der Waals surface area contributed by atoms with Gasteiger partial charge in [0.1, 0.15) is 36.9 Å². The normalized spacial score (nSPS) is 11.9. The van der Waals surface area contributed by atoms with E-state index in [1.807, 2.05) is 48.1 Å². The topological polar surface area (TPSA) is 67.4 Å². The molecule has 0 amide bonds. The second kappa shape index (κ2) is 7.47. The summed E-state index contributed by atoms with van der Waals surface area (Å²) in [4.78, 5) is 0. The third-order valence-corrected chi connectivity index (χ3v) is 4.12. The van der Waals surface area contributed by atoms with Crippen LogP contribution in [0, 0.1) is 11.3 Å². The molecule has 0 fully saturated rings. The van der Waals surface area contributed by atoms with Gasteiger partial charge in [0.25, 0.3) is 0 Å². The number of aliphatic hydroxyl groups is 1. The lowest BCUT2D eigenvalue weighted by molar-refractivity contribution is 0.0627. The van der Waals surface area contributed by atoms with E-state index >= 15 is 0 Å². The van der Waals surface area contributed by atoms with Gasteiger partial charge in [-0.25, -0.2) is 0 Å². The highest BCUT2D eigenvalue weighted by atomic mass is 35.5. The van der Waals surface area contributed by atoms with Gasteiger partial charge in [-0.15, -0.1) is 0 Å². The molecular weight excluding hydrogens is 340 g/mol. The molecule has 1 aromatic heterocycles. The third kappa shape index (κ3) is 4.05. The first-order valence-electron chi connectivity index (χ1n) is 7.75. The van der Waals surface area contributed by atoms with Crippen LogP contribution in [0.3, 0.4) is 0 Å². The quantitative estimate of drug-likeness (QED) is 0.733. The average molecular weight is 357 g/mol. The summed E-state index contributed by atoms with van der Waals surface area (Å²) in [6.45, 7) is 0.179. The van der Waals surface area contributed by atoms with Crippen LogP contribution in [0.15, 0.2) is 48.7 Å². The fraction of sp³-hybridized carbons (Fsp3) is 0.211. The van der Waals surface area contributed by atoms with Crippen molar-refractivity contribution < 1.29 is 14.6 Å². The minimum atomic E-state index is -0.791. The molecular formula is C19H17ClN2O3. The lowest BCUT2D eigenvalue weighted by atomic mass is 10.2. The molecule has 0 saturated heterocycles. The minimum Gasteiger partial charge on any atom is -0.491 e. The molecule has 1 heterocycles. The molecule has 0 spiro atoms. The standard InChI is InChI=1S/C19H17ClN2O3/c1-22-7-6-13-8-16(4-5-19(13)22)24-11-15(23)12-25-17-3-2-14(10-21)18(20)9-17/h2-9,15,23H,11-12H2,1H3. The Kier molecular flexibility index (Phi) is 5.13. The van der Waals surface area contributed by atoms with Crippen molar-refractivity contribution in [1.82, 2.24) is 4.57 Å². The maximum Gasteiger partial charge on any atom is 0.122 e. The zero-order valence-corrected chi connectivity index (χ0v) is 14.4. The van der Waals surface area contributed by atoms with Gasteiger partial charge in [-0.1, -0.05) is 11.6 Å². The Morgan fingerprint density at radius 2 is 1.80 bits per heavy atom. The van der Waals surface area contributed by atoms with Crippen LogP contribution < -0.4 is 9.47 Å². The lowest BCUT2D eigenvalue weighted by Gasteiger charge is -2.14. The van der Waals surface area contributed by atoms with Crippen LogP contribution in [0.25, 0.3) is 10.9 Å². The molecule has 1 atom stereocenters. The summed E-state index contributed by atoms with van der Waals surface area (Å²) >= 11 is 5.94. The number of rotatable bonds is 6. The molecule has 6 heteroatoms. The molecule has 0 aliphatic carbocycles. The maximum absolute atomic E-state index is 10.0. The number of benzene rings is 2. The number of aryl methyl sites for hydroxylation is 1. The highest BCUT2D eigenvalue weighted by Gasteiger charge is 2.09. The zero-order valence-electron chi connectivity index (χ0n) is 13.6. The van der Waals surface area contributed by atoms with Crippen LogP contribution in [0.4, 0.5) is 0 Å². The number of aromatic nitrogens is 1. The molecule has 0 radical (unpaired) electrons. The van der Waals surface area contributed by atoms with Crippen molar-refractivity contribution in [3.05, 3.63) is 59.2 Å². The van der Waals surface area contributed by atoms with Crippen LogP contribution in [-0.2, 0) is 7.05 Å². The van der Waals surface area contributed by atoms with Crippen LogP contribution >= 0.6 is 11.6 Å². The highest BCUT2D eigenvalue weighted by Crippen LogP contribution is 2.23. The van der Waals surface area contributed by atoms with Crippen molar-refractivity contribution in [2.45, 2.75) is 6.10 Å². The number of nitrogens with zero attached hydrogens (tertiary/aromatic N) is 2. The first kappa shape index (κ1) is 17.2. The number of aliphatic hydroxyl groups excluding tert-OH is 1. The van der Waals surface area contributed by atoms with E-state index in [0.717, 1.165) is 10.9 Å². The monoisotopic (exact) mass is 356 g/mol. The average Bonchev–Trinajstić information content (AvgIpc) is 2.99. The molecule has 0 saturated carbocycles. The summed E-state index contributed by atoms with van der Waals surface area (Å²) in [5.74, 6) is 1.19. The first-order valence-corrected chi connectivity index (χ1v) is 8.13. The Morgan fingerprint density at radius 1 is 1.12 bits per heavy atom. The van der Waals surface area contributed by atoms with E-state index in [2.05, 4.69) is 0 Å². The van der Waals surface area contributed by atoms with Crippen LogP contribution in [0.2, 0.25) is 5.02 Å². The second-order valence-electron chi connectivity index (χ2n) is 5.68. The molecule has 2 aromatic carbocycles. The molecule has 3 rings (SSSR count). The SMILES string of the molecule is Cn1ccc2cc(OCC(O)COc3ccc(C#N)c(Cl)c3)ccc21.